The summed E-state index contributed by atoms with van der Waals surface area (Å²) < 4.78 is 10.6. The maximum atomic E-state index is 11.5. The van der Waals surface area contributed by atoms with Crippen LogP contribution in [0.2, 0.25) is 0 Å². The van der Waals surface area contributed by atoms with E-state index in [0.717, 1.165) is 0 Å². The van der Waals surface area contributed by atoms with E-state index in [2.05, 4.69) is 15.9 Å². The van der Waals surface area contributed by atoms with Gasteiger partial charge in [0.05, 0.1) is 23.1 Å². The Labute approximate surface area is 106 Å². The Bertz CT molecular complexity index is 446. The number of hydrogen-bond acceptors (Lipinski definition) is 4. The van der Waals surface area contributed by atoms with Crippen molar-refractivity contribution in [3.05, 3.63) is 28.1 Å². The zero-order valence-corrected chi connectivity index (χ0v) is 10.7. The van der Waals surface area contributed by atoms with E-state index in [1.807, 2.05) is 0 Å². The summed E-state index contributed by atoms with van der Waals surface area (Å²) in [6, 6.07) is 1.63. The lowest BCUT2D eigenvalue weighted by Crippen LogP contribution is -2.11. The number of aliphatic carboxylic acids is 1. The van der Waals surface area contributed by atoms with Crippen molar-refractivity contribution in [2.75, 3.05) is 6.61 Å². The molecular formula is C11H11BrO5. The lowest BCUT2D eigenvalue weighted by molar-refractivity contribution is -0.142. The van der Waals surface area contributed by atoms with Crippen LogP contribution in [0.3, 0.4) is 0 Å². The summed E-state index contributed by atoms with van der Waals surface area (Å²) in [5.74, 6) is -1.36. The Morgan fingerprint density at radius 3 is 2.76 bits per heavy atom. The molecule has 0 atom stereocenters. The molecule has 92 valence electrons. The third-order valence-corrected chi connectivity index (χ3v) is 2.20. The maximum Gasteiger partial charge on any atom is 0.334 e. The third kappa shape index (κ3) is 4.44. The highest BCUT2D eigenvalue weighted by Crippen LogP contribution is 2.18. The van der Waals surface area contributed by atoms with Crippen molar-refractivity contribution in [2.45, 2.75) is 13.3 Å². The molecule has 1 rings (SSSR count). The Morgan fingerprint density at radius 1 is 1.59 bits per heavy atom. The molecule has 0 fully saturated rings. The molecule has 0 aromatic carbocycles. The summed E-state index contributed by atoms with van der Waals surface area (Å²) in [5, 5.41) is 8.70. The van der Waals surface area contributed by atoms with Gasteiger partial charge in [-0.05, 0) is 35.0 Å². The van der Waals surface area contributed by atoms with Gasteiger partial charge in [-0.2, -0.15) is 0 Å². The summed E-state index contributed by atoms with van der Waals surface area (Å²) in [6.45, 7) is 1.84. The normalized spacial score (nSPS) is 11.3. The van der Waals surface area contributed by atoms with Gasteiger partial charge in [0, 0.05) is 0 Å². The molecule has 0 aliphatic rings. The van der Waals surface area contributed by atoms with Gasteiger partial charge in [0.1, 0.15) is 12.0 Å². The van der Waals surface area contributed by atoms with Crippen LogP contribution in [0, 0.1) is 0 Å². The Balaban J connectivity index is 2.92. The standard InChI is InChI=1S/C11H11BrO5/c1-2-16-11(15)7(4-10(13)14)3-9-5-8(12)6-17-9/h3,5-6H,2,4H2,1H3,(H,13,14)/b7-3-. The summed E-state index contributed by atoms with van der Waals surface area (Å²) >= 11 is 3.19. The first kappa shape index (κ1) is 13.5. The van der Waals surface area contributed by atoms with E-state index in [1.165, 1.54) is 12.3 Å². The first-order valence-corrected chi connectivity index (χ1v) is 5.65. The van der Waals surface area contributed by atoms with Crippen molar-refractivity contribution < 1.29 is 23.8 Å². The SMILES string of the molecule is CCOC(=O)/C(=C\c1cc(Br)co1)CC(=O)O. The fraction of sp³-hybridized carbons (Fsp3) is 0.273. The van der Waals surface area contributed by atoms with Gasteiger partial charge in [-0.15, -0.1) is 0 Å². The fourth-order valence-corrected chi connectivity index (χ4v) is 1.46. The number of furan rings is 1. The van der Waals surface area contributed by atoms with E-state index in [4.69, 9.17) is 14.3 Å². The van der Waals surface area contributed by atoms with Gasteiger partial charge in [-0.1, -0.05) is 0 Å². The first-order valence-electron chi connectivity index (χ1n) is 4.86. The smallest absolute Gasteiger partial charge is 0.334 e. The Morgan fingerprint density at radius 2 is 2.29 bits per heavy atom. The topological polar surface area (TPSA) is 76.7 Å². The molecule has 0 spiro atoms. The number of hydrogen-bond donors (Lipinski definition) is 1. The highest BCUT2D eigenvalue weighted by atomic mass is 79.9. The van der Waals surface area contributed by atoms with Gasteiger partial charge in [0.25, 0.3) is 0 Å². The van der Waals surface area contributed by atoms with Crippen molar-refractivity contribution in [3.63, 3.8) is 0 Å². The molecule has 17 heavy (non-hydrogen) atoms. The highest BCUT2D eigenvalue weighted by Gasteiger charge is 2.15. The molecule has 0 aliphatic carbocycles. The van der Waals surface area contributed by atoms with Crippen LogP contribution in [0.1, 0.15) is 19.1 Å². The third-order valence-electron chi connectivity index (χ3n) is 1.78. The van der Waals surface area contributed by atoms with E-state index in [-0.39, 0.29) is 12.2 Å². The van der Waals surface area contributed by atoms with Crippen molar-refractivity contribution >= 4 is 33.9 Å². The van der Waals surface area contributed by atoms with Crippen molar-refractivity contribution in [1.29, 1.82) is 0 Å². The number of carbonyl (C=O) groups is 2. The average molecular weight is 303 g/mol. The lowest BCUT2D eigenvalue weighted by atomic mass is 10.1. The van der Waals surface area contributed by atoms with Crippen molar-refractivity contribution in [1.82, 2.24) is 0 Å². The summed E-state index contributed by atoms with van der Waals surface area (Å²) in [7, 11) is 0. The largest absolute Gasteiger partial charge is 0.481 e. The predicted octanol–water partition coefficient (Wildman–Crippen LogP) is 2.46. The van der Waals surface area contributed by atoms with Crippen LogP contribution < -0.4 is 0 Å². The highest BCUT2D eigenvalue weighted by molar-refractivity contribution is 9.10. The van der Waals surface area contributed by atoms with E-state index < -0.39 is 18.4 Å². The van der Waals surface area contributed by atoms with Crippen LogP contribution in [-0.2, 0) is 14.3 Å². The first-order chi connectivity index (χ1) is 8.02. The van der Waals surface area contributed by atoms with Gasteiger partial charge >= 0.3 is 11.9 Å². The molecule has 0 aliphatic heterocycles. The minimum atomic E-state index is -1.10. The zero-order chi connectivity index (χ0) is 12.8. The quantitative estimate of drug-likeness (QED) is 0.668. The number of carboxylic acids is 1. The van der Waals surface area contributed by atoms with Gasteiger partial charge in [-0.3, -0.25) is 4.79 Å². The van der Waals surface area contributed by atoms with Gasteiger partial charge in [0.2, 0.25) is 0 Å². The molecule has 0 radical (unpaired) electrons. The number of halogens is 1. The molecule has 1 aromatic rings. The second kappa shape index (κ2) is 6.24. The molecule has 5 nitrogen and oxygen atoms in total. The van der Waals surface area contributed by atoms with Crippen LogP contribution in [0.4, 0.5) is 0 Å². The number of ether oxygens (including phenoxy) is 1. The van der Waals surface area contributed by atoms with Crippen LogP contribution >= 0.6 is 15.9 Å². The summed E-state index contributed by atoms with van der Waals surface area (Å²) in [5.41, 5.74) is 0.0428. The number of esters is 1. The van der Waals surface area contributed by atoms with E-state index in [9.17, 15) is 9.59 Å². The Kier molecular flexibility index (Phi) is 4.96. The molecule has 0 amide bonds. The predicted molar refractivity (Wildman–Crippen MR) is 63.3 cm³/mol. The minimum Gasteiger partial charge on any atom is -0.481 e. The van der Waals surface area contributed by atoms with E-state index in [0.29, 0.717) is 10.2 Å². The van der Waals surface area contributed by atoms with Gasteiger partial charge in [0.15, 0.2) is 0 Å². The van der Waals surface area contributed by atoms with Crippen LogP contribution in [0.25, 0.3) is 6.08 Å². The minimum absolute atomic E-state index is 0.0428. The van der Waals surface area contributed by atoms with Gasteiger partial charge in [-0.25, -0.2) is 4.79 Å². The Hall–Kier alpha value is -1.56. The van der Waals surface area contributed by atoms with E-state index >= 15 is 0 Å². The number of carbonyl (C=O) groups excluding carboxylic acids is 1. The maximum absolute atomic E-state index is 11.5. The van der Waals surface area contributed by atoms with E-state index in [1.54, 1.807) is 13.0 Å². The molecule has 0 saturated carbocycles. The van der Waals surface area contributed by atoms with Crippen LogP contribution in [0.5, 0.6) is 0 Å². The molecule has 0 saturated heterocycles. The fourth-order valence-electron chi connectivity index (χ4n) is 1.14. The molecular weight excluding hydrogens is 292 g/mol. The van der Waals surface area contributed by atoms with Crippen LogP contribution in [0.15, 0.2) is 26.8 Å². The molecule has 1 heterocycles. The second-order valence-corrected chi connectivity index (χ2v) is 4.04. The molecule has 0 unspecified atom stereocenters. The van der Waals surface area contributed by atoms with Crippen molar-refractivity contribution in [3.8, 4) is 0 Å². The average Bonchev–Trinajstić information content (AvgIpc) is 2.63. The summed E-state index contributed by atoms with van der Waals surface area (Å²) in [6.07, 6.45) is 2.39. The van der Waals surface area contributed by atoms with Crippen LogP contribution in [-0.4, -0.2) is 23.7 Å². The number of carboxylic acid groups (broad SMARTS) is 1. The van der Waals surface area contributed by atoms with Crippen molar-refractivity contribution in [2.24, 2.45) is 0 Å². The molecule has 1 aromatic heterocycles. The molecule has 1 N–H and O–H groups in total. The number of rotatable bonds is 5. The summed E-state index contributed by atoms with van der Waals surface area (Å²) in [4.78, 5) is 22.1. The zero-order valence-electron chi connectivity index (χ0n) is 9.10. The second-order valence-electron chi connectivity index (χ2n) is 3.13. The lowest BCUT2D eigenvalue weighted by Gasteiger charge is -2.03. The monoisotopic (exact) mass is 302 g/mol. The van der Waals surface area contributed by atoms with Gasteiger partial charge < -0.3 is 14.3 Å². The molecule has 0 bridgehead atoms. The molecule has 6 heteroatoms.